The summed E-state index contributed by atoms with van der Waals surface area (Å²) in [5.41, 5.74) is 18.2. The predicted molar refractivity (Wildman–Crippen MR) is 300 cm³/mol. The molecule has 362 valence electrons. The van der Waals surface area contributed by atoms with Crippen LogP contribution in [-0.2, 0) is 27.1 Å². The van der Waals surface area contributed by atoms with Gasteiger partial charge in [0, 0.05) is 28.4 Å². The van der Waals surface area contributed by atoms with Gasteiger partial charge in [-0.2, -0.15) is 0 Å². The lowest BCUT2D eigenvalue weighted by Gasteiger charge is -2.57. The minimum Gasteiger partial charge on any atom is -0.407 e. The zero-order valence-electron chi connectivity index (χ0n) is 44.5. The molecule has 13 rings (SSSR count). The minimum absolute atomic E-state index is 0.0328. The number of hydrogen-bond donors (Lipinski definition) is 0. The van der Waals surface area contributed by atoms with E-state index in [2.05, 4.69) is 231 Å². The van der Waals surface area contributed by atoms with Crippen molar-refractivity contribution in [3.63, 3.8) is 0 Å². The average molecular weight is 937 g/mol. The highest BCUT2D eigenvalue weighted by atomic mass is 16.4. The molecule has 2 aliphatic heterocycles. The standard InChI is InChI=1S/C65H73BN4O/c1-61(2,3)44-23-26-51(27-24-44)69-54-28-25-45(62(4,5)6)35-53(54)66-57-55(69)36-48(65-38-41-29-42(39-65)31-43(30-41)40-65)37-56(57)70(52-33-46(63(7,8)9)32-47(34-52)64(10,11)12)59-58(66)67-60(71-59)68(49-19-15-13-16-20-49)50-21-17-14-18-22-50/h13-28,32-37,41-43H,29-31,38-40H2,1-12H3. The van der Waals surface area contributed by atoms with Crippen LogP contribution in [0.1, 0.15) is 149 Å². The third-order valence-electron chi connectivity index (χ3n) is 17.2. The van der Waals surface area contributed by atoms with Crippen molar-refractivity contribution < 1.29 is 4.42 Å². The zero-order valence-corrected chi connectivity index (χ0v) is 44.5. The van der Waals surface area contributed by atoms with Crippen LogP contribution in [0, 0.1) is 17.8 Å². The third-order valence-corrected chi connectivity index (χ3v) is 17.2. The topological polar surface area (TPSA) is 35.8 Å². The maximum atomic E-state index is 7.63. The van der Waals surface area contributed by atoms with E-state index in [4.69, 9.17) is 9.40 Å². The van der Waals surface area contributed by atoms with Crippen molar-refractivity contribution in [3.05, 3.63) is 161 Å². The molecule has 0 atom stereocenters. The molecule has 7 aromatic rings. The van der Waals surface area contributed by atoms with E-state index in [0.29, 0.717) is 6.01 Å². The number of fused-ring (bicyclic) bond motifs is 4. The number of anilines is 9. The van der Waals surface area contributed by atoms with E-state index in [9.17, 15) is 0 Å². The summed E-state index contributed by atoms with van der Waals surface area (Å²) in [5.74, 6) is 3.21. The van der Waals surface area contributed by atoms with Gasteiger partial charge in [-0.25, -0.2) is 4.98 Å². The number of nitrogens with zero attached hydrogens (tertiary/aromatic N) is 4. The van der Waals surface area contributed by atoms with Crippen molar-refractivity contribution in [3.8, 4) is 0 Å². The molecular weight excluding hydrogens is 864 g/mol. The molecule has 5 nitrogen and oxygen atoms in total. The molecule has 0 unspecified atom stereocenters. The van der Waals surface area contributed by atoms with E-state index >= 15 is 0 Å². The summed E-state index contributed by atoms with van der Waals surface area (Å²) in [4.78, 5) is 13.2. The van der Waals surface area contributed by atoms with Gasteiger partial charge in [0.05, 0.1) is 17.0 Å². The van der Waals surface area contributed by atoms with Crippen molar-refractivity contribution in [2.24, 2.45) is 17.8 Å². The van der Waals surface area contributed by atoms with Gasteiger partial charge < -0.3 is 9.32 Å². The lowest BCUT2D eigenvalue weighted by Crippen LogP contribution is -2.62. The van der Waals surface area contributed by atoms with Gasteiger partial charge in [0.2, 0.25) is 5.88 Å². The Kier molecular flexibility index (Phi) is 10.4. The first kappa shape index (κ1) is 46.1. The highest BCUT2D eigenvalue weighted by Crippen LogP contribution is 2.62. The van der Waals surface area contributed by atoms with Gasteiger partial charge in [0.15, 0.2) is 0 Å². The van der Waals surface area contributed by atoms with Gasteiger partial charge in [-0.1, -0.05) is 150 Å². The largest absolute Gasteiger partial charge is 0.407 e. The Morgan fingerprint density at radius 1 is 0.507 bits per heavy atom. The smallest absolute Gasteiger partial charge is 0.307 e. The Morgan fingerprint density at radius 2 is 1.00 bits per heavy atom. The molecule has 4 saturated carbocycles. The number of benzene rings is 6. The molecule has 1 aromatic heterocycles. The van der Waals surface area contributed by atoms with Crippen LogP contribution in [0.2, 0.25) is 0 Å². The van der Waals surface area contributed by atoms with E-state index in [-0.39, 0.29) is 33.8 Å². The molecule has 0 N–H and O–H groups in total. The van der Waals surface area contributed by atoms with Crippen LogP contribution in [0.15, 0.2) is 138 Å². The fourth-order valence-corrected chi connectivity index (χ4v) is 13.7. The van der Waals surface area contributed by atoms with Crippen molar-refractivity contribution in [2.75, 3.05) is 14.7 Å². The number of hydrogen-bond acceptors (Lipinski definition) is 5. The lowest BCUT2D eigenvalue weighted by atomic mass is 9.35. The van der Waals surface area contributed by atoms with Crippen molar-refractivity contribution in [1.82, 2.24) is 4.98 Å². The molecule has 6 aromatic carbocycles. The molecule has 71 heavy (non-hydrogen) atoms. The summed E-state index contributed by atoms with van der Waals surface area (Å²) >= 11 is 0. The van der Waals surface area contributed by atoms with Crippen LogP contribution in [0.4, 0.5) is 51.7 Å². The predicted octanol–water partition coefficient (Wildman–Crippen LogP) is 15.9. The number of para-hydroxylation sites is 2. The highest BCUT2D eigenvalue weighted by molar-refractivity contribution is 6.99. The molecule has 6 heteroatoms. The molecule has 0 radical (unpaired) electrons. The summed E-state index contributed by atoms with van der Waals surface area (Å²) in [6, 6.07) is 51.3. The van der Waals surface area contributed by atoms with Gasteiger partial charge in [0.1, 0.15) is 0 Å². The second kappa shape index (κ2) is 16.0. The summed E-state index contributed by atoms with van der Waals surface area (Å²) in [7, 11) is 0. The molecule has 0 spiro atoms. The van der Waals surface area contributed by atoms with Crippen LogP contribution in [0.25, 0.3) is 0 Å². The second-order valence-electron chi connectivity index (χ2n) is 26.5. The van der Waals surface area contributed by atoms with E-state index < -0.39 is 0 Å². The molecule has 3 heterocycles. The molecule has 0 amide bonds. The van der Waals surface area contributed by atoms with Gasteiger partial charge in [-0.05, 0) is 189 Å². The van der Waals surface area contributed by atoms with Crippen LogP contribution in [0.3, 0.4) is 0 Å². The van der Waals surface area contributed by atoms with E-state index in [0.717, 1.165) is 46.3 Å². The third kappa shape index (κ3) is 7.76. The molecule has 4 fully saturated rings. The highest BCUT2D eigenvalue weighted by Gasteiger charge is 2.54. The molecule has 6 aliphatic rings. The molecule has 0 saturated heterocycles. The Morgan fingerprint density at radius 3 is 1.51 bits per heavy atom. The maximum absolute atomic E-state index is 7.63. The van der Waals surface area contributed by atoms with Crippen LogP contribution in [-0.4, -0.2) is 11.7 Å². The summed E-state index contributed by atoms with van der Waals surface area (Å²) in [5, 5.41) is 0. The Balaban J connectivity index is 1.21. The number of aromatic nitrogens is 1. The number of rotatable bonds is 6. The summed E-state index contributed by atoms with van der Waals surface area (Å²) in [6.45, 7) is 27.9. The van der Waals surface area contributed by atoms with Crippen molar-refractivity contribution >= 4 is 74.9 Å². The van der Waals surface area contributed by atoms with Crippen LogP contribution in [0.5, 0.6) is 0 Å². The first-order valence-corrected chi connectivity index (χ1v) is 26.7. The van der Waals surface area contributed by atoms with Crippen molar-refractivity contribution in [1.29, 1.82) is 0 Å². The van der Waals surface area contributed by atoms with E-state index in [1.807, 2.05) is 0 Å². The summed E-state index contributed by atoms with van der Waals surface area (Å²) < 4.78 is 7.63. The summed E-state index contributed by atoms with van der Waals surface area (Å²) in [6.07, 6.45) is 8.04. The normalized spacial score (nSPS) is 21.3. The molecule has 4 aliphatic carbocycles. The SMILES string of the molecule is CC(C)(C)c1ccc(N2c3ccc(C(C)(C)C)cc3B3c4nc(N(c5ccccc5)c5ccccc5)oc4N(c4cc(C(C)(C)C)cc(C(C)(C)C)c4)c4cc(C56CC7CC(CC(C7)C5)C6)cc2c43)cc1. The van der Waals surface area contributed by atoms with E-state index in [1.165, 1.54) is 100 Å². The fourth-order valence-electron chi connectivity index (χ4n) is 13.7. The first-order chi connectivity index (χ1) is 33.6. The minimum atomic E-state index is -0.196. The quantitative estimate of drug-likeness (QED) is 0.155. The Bertz CT molecular complexity index is 3070. The van der Waals surface area contributed by atoms with Crippen molar-refractivity contribution in [2.45, 2.75) is 149 Å². The van der Waals surface area contributed by atoms with Gasteiger partial charge in [-0.3, -0.25) is 9.80 Å². The lowest BCUT2D eigenvalue weighted by molar-refractivity contribution is -0.00514. The van der Waals surface area contributed by atoms with Crippen LogP contribution >= 0.6 is 0 Å². The Hall–Kier alpha value is -6.01. The van der Waals surface area contributed by atoms with Crippen LogP contribution < -0.4 is 31.2 Å². The average Bonchev–Trinajstić information content (AvgIpc) is 3.74. The second-order valence-corrected chi connectivity index (χ2v) is 26.5. The van der Waals surface area contributed by atoms with Gasteiger partial charge in [-0.15, -0.1) is 0 Å². The fraction of sp³-hybridized carbons (Fsp3) is 0.400. The first-order valence-electron chi connectivity index (χ1n) is 26.7. The van der Waals surface area contributed by atoms with Gasteiger partial charge >= 0.3 is 6.01 Å². The van der Waals surface area contributed by atoms with E-state index in [1.54, 1.807) is 0 Å². The monoisotopic (exact) mass is 937 g/mol. The maximum Gasteiger partial charge on any atom is 0.307 e. The Labute approximate surface area is 424 Å². The molecular formula is C65H73BN4O. The molecule has 4 bridgehead atoms. The zero-order chi connectivity index (χ0) is 49.6. The number of oxazole rings is 1. The van der Waals surface area contributed by atoms with Gasteiger partial charge in [0.25, 0.3) is 6.71 Å².